The lowest BCUT2D eigenvalue weighted by atomic mass is 10.1. The van der Waals surface area contributed by atoms with E-state index in [1.807, 2.05) is 0 Å². The van der Waals surface area contributed by atoms with Crippen molar-refractivity contribution in [3.8, 4) is 0 Å². The zero-order valence-electron chi connectivity index (χ0n) is 7.89. The first-order chi connectivity index (χ1) is 7.05. The Kier molecular flexibility index (Phi) is 4.21. The van der Waals surface area contributed by atoms with Crippen LogP contribution < -0.4 is 0 Å². The van der Waals surface area contributed by atoms with Crippen molar-refractivity contribution >= 4 is 17.7 Å². The quantitative estimate of drug-likeness (QED) is 0.682. The maximum Gasteiger partial charge on any atom is 0.416 e. The summed E-state index contributed by atoms with van der Waals surface area (Å²) in [6.45, 7) is 0. The maximum absolute atomic E-state index is 12.5. The molecule has 4 heteroatoms. The molecule has 0 aliphatic carbocycles. The van der Waals surface area contributed by atoms with Gasteiger partial charge in [0, 0.05) is 5.88 Å². The van der Waals surface area contributed by atoms with Crippen molar-refractivity contribution in [1.29, 1.82) is 0 Å². The average molecular weight is 235 g/mol. The van der Waals surface area contributed by atoms with Crippen LogP contribution in [0.5, 0.6) is 0 Å². The van der Waals surface area contributed by atoms with Crippen LogP contribution in [0.1, 0.15) is 17.5 Å². The van der Waals surface area contributed by atoms with E-state index in [2.05, 4.69) is 0 Å². The minimum atomic E-state index is -4.30. The van der Waals surface area contributed by atoms with Gasteiger partial charge in [0.05, 0.1) is 5.56 Å². The van der Waals surface area contributed by atoms with Crippen LogP contribution in [0.3, 0.4) is 0 Å². The van der Waals surface area contributed by atoms with E-state index in [-0.39, 0.29) is 5.56 Å². The largest absolute Gasteiger partial charge is 0.416 e. The molecule has 0 amide bonds. The normalized spacial score (nSPS) is 12.3. The van der Waals surface area contributed by atoms with Gasteiger partial charge in [-0.05, 0) is 18.1 Å². The van der Waals surface area contributed by atoms with E-state index in [0.717, 1.165) is 6.07 Å². The second-order valence-electron chi connectivity index (χ2n) is 2.97. The van der Waals surface area contributed by atoms with Gasteiger partial charge in [-0.3, -0.25) is 0 Å². The predicted octanol–water partition coefficient (Wildman–Crippen LogP) is 4.35. The van der Waals surface area contributed by atoms with Crippen LogP contribution in [-0.4, -0.2) is 5.88 Å². The van der Waals surface area contributed by atoms with Crippen molar-refractivity contribution in [2.24, 2.45) is 0 Å². The van der Waals surface area contributed by atoms with Crippen molar-refractivity contribution in [3.63, 3.8) is 0 Å². The number of allylic oxidation sites excluding steroid dienone is 1. The molecule has 0 atom stereocenters. The SMILES string of the molecule is FC(F)(F)c1ccccc1/C=C/CCCl. The van der Waals surface area contributed by atoms with Crippen LogP contribution in [0, 0.1) is 0 Å². The highest BCUT2D eigenvalue weighted by Crippen LogP contribution is 2.32. The Morgan fingerprint density at radius 2 is 1.87 bits per heavy atom. The summed E-state index contributed by atoms with van der Waals surface area (Å²) >= 11 is 5.42. The molecular weight excluding hydrogens is 225 g/mol. The van der Waals surface area contributed by atoms with Crippen molar-refractivity contribution in [2.45, 2.75) is 12.6 Å². The summed E-state index contributed by atoms with van der Waals surface area (Å²) < 4.78 is 37.5. The third-order valence-electron chi connectivity index (χ3n) is 1.84. The molecule has 15 heavy (non-hydrogen) atoms. The molecule has 0 saturated carbocycles. The highest BCUT2D eigenvalue weighted by molar-refractivity contribution is 6.17. The van der Waals surface area contributed by atoms with E-state index in [1.165, 1.54) is 18.2 Å². The first-order valence-electron chi connectivity index (χ1n) is 4.44. The Hall–Kier alpha value is -0.960. The van der Waals surface area contributed by atoms with Crippen LogP contribution in [0.4, 0.5) is 13.2 Å². The Balaban J connectivity index is 2.97. The monoisotopic (exact) mass is 234 g/mol. The second kappa shape index (κ2) is 5.21. The molecule has 0 fully saturated rings. The number of halogens is 4. The lowest BCUT2D eigenvalue weighted by molar-refractivity contribution is -0.137. The van der Waals surface area contributed by atoms with Gasteiger partial charge in [-0.1, -0.05) is 30.4 Å². The number of hydrogen-bond donors (Lipinski definition) is 0. The molecule has 0 radical (unpaired) electrons. The van der Waals surface area contributed by atoms with Crippen molar-refractivity contribution in [3.05, 3.63) is 41.5 Å². The summed E-state index contributed by atoms with van der Waals surface area (Å²) in [5.41, 5.74) is -0.439. The van der Waals surface area contributed by atoms with Crippen LogP contribution in [0.25, 0.3) is 6.08 Å². The highest BCUT2D eigenvalue weighted by atomic mass is 35.5. The molecule has 1 aromatic rings. The molecule has 1 aromatic carbocycles. The van der Waals surface area contributed by atoms with Crippen molar-refractivity contribution < 1.29 is 13.2 Å². The molecule has 0 unspecified atom stereocenters. The van der Waals surface area contributed by atoms with E-state index < -0.39 is 11.7 Å². The topological polar surface area (TPSA) is 0 Å². The molecule has 1 rings (SSSR count). The number of alkyl halides is 4. The highest BCUT2D eigenvalue weighted by Gasteiger charge is 2.32. The fourth-order valence-corrected chi connectivity index (χ4v) is 1.30. The first kappa shape index (κ1) is 12.1. The van der Waals surface area contributed by atoms with E-state index in [0.29, 0.717) is 12.3 Å². The Morgan fingerprint density at radius 1 is 1.20 bits per heavy atom. The van der Waals surface area contributed by atoms with Gasteiger partial charge in [-0.15, -0.1) is 11.6 Å². The lowest BCUT2D eigenvalue weighted by Crippen LogP contribution is -2.06. The fraction of sp³-hybridized carbons (Fsp3) is 0.273. The lowest BCUT2D eigenvalue weighted by Gasteiger charge is -2.09. The smallest absolute Gasteiger partial charge is 0.166 e. The summed E-state index contributed by atoms with van der Waals surface area (Å²) in [4.78, 5) is 0. The Labute approximate surface area is 91.4 Å². The summed E-state index contributed by atoms with van der Waals surface area (Å²) in [5.74, 6) is 0.407. The van der Waals surface area contributed by atoms with E-state index in [4.69, 9.17) is 11.6 Å². The number of benzene rings is 1. The molecule has 0 spiro atoms. The van der Waals surface area contributed by atoms with Crippen molar-refractivity contribution in [2.75, 3.05) is 5.88 Å². The molecule has 0 bridgehead atoms. The molecule has 0 nitrogen and oxygen atoms in total. The second-order valence-corrected chi connectivity index (χ2v) is 3.34. The van der Waals surface area contributed by atoms with Gasteiger partial charge in [0.2, 0.25) is 0 Å². The molecule has 0 aliphatic heterocycles. The molecule has 0 heterocycles. The van der Waals surface area contributed by atoms with Gasteiger partial charge in [-0.2, -0.15) is 13.2 Å². The minimum Gasteiger partial charge on any atom is -0.166 e. The molecule has 0 aromatic heterocycles. The molecule has 0 N–H and O–H groups in total. The van der Waals surface area contributed by atoms with Crippen LogP contribution in [0.2, 0.25) is 0 Å². The average Bonchev–Trinajstić information content (AvgIpc) is 2.17. The zero-order chi connectivity index (χ0) is 11.3. The van der Waals surface area contributed by atoms with Gasteiger partial charge in [0.15, 0.2) is 0 Å². The number of hydrogen-bond acceptors (Lipinski definition) is 0. The first-order valence-corrected chi connectivity index (χ1v) is 4.98. The van der Waals surface area contributed by atoms with Crippen molar-refractivity contribution in [1.82, 2.24) is 0 Å². The van der Waals surface area contributed by atoms with Crippen LogP contribution in [0.15, 0.2) is 30.3 Å². The predicted molar refractivity (Wildman–Crippen MR) is 55.8 cm³/mol. The van der Waals surface area contributed by atoms with Gasteiger partial charge < -0.3 is 0 Å². The van der Waals surface area contributed by atoms with Gasteiger partial charge >= 0.3 is 6.18 Å². The Bertz CT molecular complexity index is 342. The van der Waals surface area contributed by atoms with E-state index in [1.54, 1.807) is 12.1 Å². The molecule has 0 saturated heterocycles. The maximum atomic E-state index is 12.5. The van der Waals surface area contributed by atoms with Crippen LogP contribution >= 0.6 is 11.6 Å². The third-order valence-corrected chi connectivity index (χ3v) is 2.06. The molecule has 82 valence electrons. The summed E-state index contributed by atoms with van der Waals surface area (Å²) in [5, 5.41) is 0. The molecular formula is C11H10ClF3. The van der Waals surface area contributed by atoms with Gasteiger partial charge in [0.25, 0.3) is 0 Å². The van der Waals surface area contributed by atoms with Gasteiger partial charge in [-0.25, -0.2) is 0 Å². The van der Waals surface area contributed by atoms with Crippen LogP contribution in [-0.2, 0) is 6.18 Å². The van der Waals surface area contributed by atoms with E-state index >= 15 is 0 Å². The van der Waals surface area contributed by atoms with Gasteiger partial charge in [0.1, 0.15) is 0 Å². The summed E-state index contributed by atoms with van der Waals surface area (Å²) in [7, 11) is 0. The minimum absolute atomic E-state index is 0.176. The zero-order valence-corrected chi connectivity index (χ0v) is 8.65. The molecule has 0 aliphatic rings. The number of rotatable bonds is 3. The summed E-state index contributed by atoms with van der Waals surface area (Å²) in [6, 6.07) is 5.46. The van der Waals surface area contributed by atoms with E-state index in [9.17, 15) is 13.2 Å². The third kappa shape index (κ3) is 3.59. The standard InChI is InChI=1S/C11H10ClF3/c12-8-4-3-6-9-5-1-2-7-10(9)11(13,14)15/h1-3,5-7H,4,8H2/b6-3+. The summed E-state index contributed by atoms with van der Waals surface area (Å²) in [6.07, 6.45) is -0.654. The fourth-order valence-electron chi connectivity index (χ4n) is 1.17. The Morgan fingerprint density at radius 3 is 2.47 bits per heavy atom.